The Morgan fingerprint density at radius 1 is 1.45 bits per heavy atom. The van der Waals surface area contributed by atoms with Crippen molar-refractivity contribution in [2.75, 3.05) is 38.2 Å². The van der Waals surface area contributed by atoms with Crippen molar-refractivity contribution in [1.29, 1.82) is 0 Å². The zero-order chi connectivity index (χ0) is 14.5. The summed E-state index contributed by atoms with van der Waals surface area (Å²) in [7, 11) is 1.72. The molecule has 0 saturated carbocycles. The number of rotatable bonds is 6. The van der Waals surface area contributed by atoms with Crippen LogP contribution in [0.25, 0.3) is 0 Å². The molecule has 112 valence electrons. The third-order valence-corrected chi connectivity index (χ3v) is 4.44. The maximum Gasteiger partial charge on any atom is 0.121 e. The molecule has 1 aromatic rings. The smallest absolute Gasteiger partial charge is 0.121 e. The van der Waals surface area contributed by atoms with Gasteiger partial charge in [0.05, 0.1) is 12.8 Å². The van der Waals surface area contributed by atoms with Gasteiger partial charge < -0.3 is 15.0 Å². The molecule has 1 aliphatic heterocycles. The molecular weight excluding hydrogens is 316 g/mol. The first-order valence-electron chi connectivity index (χ1n) is 7.39. The minimum absolute atomic E-state index is 0.722. The summed E-state index contributed by atoms with van der Waals surface area (Å²) < 4.78 is 6.47. The molecule has 1 unspecified atom stereocenters. The summed E-state index contributed by atoms with van der Waals surface area (Å²) in [6, 6.07) is 6.18. The van der Waals surface area contributed by atoms with Gasteiger partial charge in [0.25, 0.3) is 0 Å². The Morgan fingerprint density at radius 2 is 2.25 bits per heavy atom. The molecule has 0 radical (unpaired) electrons. The Bertz CT molecular complexity index is 436. The van der Waals surface area contributed by atoms with E-state index in [4.69, 9.17) is 4.74 Å². The first-order chi connectivity index (χ1) is 9.60. The highest BCUT2D eigenvalue weighted by molar-refractivity contribution is 9.10. The molecule has 2 rings (SSSR count). The lowest BCUT2D eigenvalue weighted by Crippen LogP contribution is -2.28. The first-order valence-corrected chi connectivity index (χ1v) is 8.18. The van der Waals surface area contributed by atoms with Crippen molar-refractivity contribution in [3.05, 3.63) is 22.7 Å². The Labute approximate surface area is 130 Å². The van der Waals surface area contributed by atoms with Crippen LogP contribution >= 0.6 is 15.9 Å². The van der Waals surface area contributed by atoms with Crippen LogP contribution in [0.15, 0.2) is 22.7 Å². The van der Waals surface area contributed by atoms with E-state index in [1.165, 1.54) is 12.1 Å². The highest BCUT2D eigenvalue weighted by Gasteiger charge is 2.24. The van der Waals surface area contributed by atoms with Crippen molar-refractivity contribution in [3.8, 4) is 5.75 Å². The van der Waals surface area contributed by atoms with E-state index in [1.807, 2.05) is 6.07 Å². The Hall–Kier alpha value is -0.740. The fourth-order valence-electron chi connectivity index (χ4n) is 2.66. The van der Waals surface area contributed by atoms with Gasteiger partial charge in [-0.1, -0.05) is 13.8 Å². The van der Waals surface area contributed by atoms with Crippen molar-refractivity contribution in [2.24, 2.45) is 11.8 Å². The predicted octanol–water partition coefficient (Wildman–Crippen LogP) is 3.53. The van der Waals surface area contributed by atoms with Gasteiger partial charge in [0.15, 0.2) is 0 Å². The molecule has 0 aliphatic carbocycles. The van der Waals surface area contributed by atoms with E-state index in [9.17, 15) is 0 Å². The van der Waals surface area contributed by atoms with E-state index in [0.29, 0.717) is 0 Å². The number of hydrogen-bond donors (Lipinski definition) is 1. The van der Waals surface area contributed by atoms with Gasteiger partial charge in [0, 0.05) is 23.6 Å². The van der Waals surface area contributed by atoms with Crippen molar-refractivity contribution < 1.29 is 4.74 Å². The quantitative estimate of drug-likeness (QED) is 0.857. The van der Waals surface area contributed by atoms with E-state index in [1.54, 1.807) is 7.11 Å². The highest BCUT2D eigenvalue weighted by Crippen LogP contribution is 2.33. The summed E-state index contributed by atoms with van der Waals surface area (Å²) in [5.41, 5.74) is 1.25. The van der Waals surface area contributed by atoms with E-state index in [-0.39, 0.29) is 0 Å². The van der Waals surface area contributed by atoms with Crippen LogP contribution in [-0.4, -0.2) is 33.3 Å². The molecule has 1 aromatic carbocycles. The molecule has 1 atom stereocenters. The summed E-state index contributed by atoms with van der Waals surface area (Å²) in [6.07, 6.45) is 1.26. The van der Waals surface area contributed by atoms with Crippen molar-refractivity contribution in [1.82, 2.24) is 5.32 Å². The summed E-state index contributed by atoms with van der Waals surface area (Å²) in [6.45, 7) is 8.98. The Balaban J connectivity index is 1.92. The summed E-state index contributed by atoms with van der Waals surface area (Å²) in [5, 5.41) is 3.57. The predicted molar refractivity (Wildman–Crippen MR) is 88.7 cm³/mol. The first kappa shape index (κ1) is 15.6. The number of nitrogens with one attached hydrogen (secondary N) is 1. The molecule has 0 spiro atoms. The molecule has 20 heavy (non-hydrogen) atoms. The van der Waals surface area contributed by atoms with Crippen LogP contribution in [0.5, 0.6) is 5.75 Å². The Kier molecular flexibility index (Phi) is 5.73. The monoisotopic (exact) mass is 340 g/mol. The summed E-state index contributed by atoms with van der Waals surface area (Å²) in [4.78, 5) is 2.45. The van der Waals surface area contributed by atoms with Gasteiger partial charge in [0.1, 0.15) is 5.75 Å². The molecule has 4 heteroatoms. The zero-order valence-corrected chi connectivity index (χ0v) is 14.2. The van der Waals surface area contributed by atoms with Crippen LogP contribution in [0.1, 0.15) is 20.3 Å². The molecular formula is C16H25BrN2O. The van der Waals surface area contributed by atoms with Crippen LogP contribution < -0.4 is 15.0 Å². The van der Waals surface area contributed by atoms with E-state index in [2.05, 4.69) is 52.1 Å². The second-order valence-electron chi connectivity index (χ2n) is 5.97. The molecule has 3 nitrogen and oxygen atoms in total. The van der Waals surface area contributed by atoms with Gasteiger partial charge in [-0.3, -0.25) is 0 Å². The second kappa shape index (κ2) is 7.32. The standard InChI is InChI=1S/C16H25BrN2O/c1-12(2)9-18-10-13-6-7-19(11-13)16-8-14(20-3)4-5-15(16)17/h4-5,8,12-13,18H,6-7,9-11H2,1-3H3. The van der Waals surface area contributed by atoms with Crippen LogP contribution in [0, 0.1) is 11.8 Å². The fourth-order valence-corrected chi connectivity index (χ4v) is 3.15. The van der Waals surface area contributed by atoms with Crippen molar-refractivity contribution >= 4 is 21.6 Å². The third-order valence-electron chi connectivity index (χ3n) is 3.77. The SMILES string of the molecule is COc1ccc(Br)c(N2CCC(CNCC(C)C)C2)c1. The van der Waals surface area contributed by atoms with Gasteiger partial charge >= 0.3 is 0 Å². The van der Waals surface area contributed by atoms with Crippen LogP contribution in [0.4, 0.5) is 5.69 Å². The topological polar surface area (TPSA) is 24.5 Å². The number of ether oxygens (including phenoxy) is 1. The maximum absolute atomic E-state index is 5.33. The largest absolute Gasteiger partial charge is 0.497 e. The second-order valence-corrected chi connectivity index (χ2v) is 6.82. The lowest BCUT2D eigenvalue weighted by molar-refractivity contribution is 0.414. The third kappa shape index (κ3) is 4.13. The molecule has 0 amide bonds. The number of anilines is 1. The van der Waals surface area contributed by atoms with Crippen molar-refractivity contribution in [3.63, 3.8) is 0 Å². The van der Waals surface area contributed by atoms with Gasteiger partial charge in [-0.2, -0.15) is 0 Å². The fraction of sp³-hybridized carbons (Fsp3) is 0.625. The number of methoxy groups -OCH3 is 1. The Morgan fingerprint density at radius 3 is 2.95 bits per heavy atom. The normalized spacial score (nSPS) is 18.9. The molecule has 1 aliphatic rings. The maximum atomic E-state index is 5.33. The molecule has 0 bridgehead atoms. The van der Waals surface area contributed by atoms with E-state index < -0.39 is 0 Å². The van der Waals surface area contributed by atoms with Crippen LogP contribution in [-0.2, 0) is 0 Å². The zero-order valence-electron chi connectivity index (χ0n) is 12.7. The van der Waals surface area contributed by atoms with E-state index >= 15 is 0 Å². The molecule has 0 aromatic heterocycles. The van der Waals surface area contributed by atoms with E-state index in [0.717, 1.165) is 48.2 Å². The van der Waals surface area contributed by atoms with Crippen LogP contribution in [0.2, 0.25) is 0 Å². The lowest BCUT2D eigenvalue weighted by atomic mass is 10.1. The van der Waals surface area contributed by atoms with Crippen molar-refractivity contribution in [2.45, 2.75) is 20.3 Å². The molecule has 1 saturated heterocycles. The van der Waals surface area contributed by atoms with Gasteiger partial charge in [0.2, 0.25) is 0 Å². The molecule has 1 N–H and O–H groups in total. The number of nitrogens with zero attached hydrogens (tertiary/aromatic N) is 1. The lowest BCUT2D eigenvalue weighted by Gasteiger charge is -2.21. The minimum Gasteiger partial charge on any atom is -0.497 e. The summed E-state index contributed by atoms with van der Waals surface area (Å²) in [5.74, 6) is 2.39. The highest BCUT2D eigenvalue weighted by atomic mass is 79.9. The molecule has 1 heterocycles. The number of benzene rings is 1. The van der Waals surface area contributed by atoms with Gasteiger partial charge in [-0.05, 0) is 59.4 Å². The minimum atomic E-state index is 0.722. The van der Waals surface area contributed by atoms with Gasteiger partial charge in [-0.25, -0.2) is 0 Å². The molecule has 1 fully saturated rings. The summed E-state index contributed by atoms with van der Waals surface area (Å²) >= 11 is 3.65. The number of halogens is 1. The number of hydrogen-bond acceptors (Lipinski definition) is 3. The van der Waals surface area contributed by atoms with Crippen LogP contribution in [0.3, 0.4) is 0 Å². The average molecular weight is 341 g/mol. The average Bonchev–Trinajstić information content (AvgIpc) is 2.87. The van der Waals surface area contributed by atoms with Gasteiger partial charge in [-0.15, -0.1) is 0 Å².